The molecule has 13 heavy (non-hydrogen) atoms. The van der Waals surface area contributed by atoms with Gasteiger partial charge in [0.1, 0.15) is 5.82 Å². The second-order valence-corrected chi connectivity index (χ2v) is 2.98. The van der Waals surface area contributed by atoms with Gasteiger partial charge in [-0.3, -0.25) is 0 Å². The van der Waals surface area contributed by atoms with Crippen molar-refractivity contribution >= 4 is 0 Å². The van der Waals surface area contributed by atoms with Gasteiger partial charge < -0.3 is 15.9 Å². The van der Waals surface area contributed by atoms with Gasteiger partial charge in [0.15, 0.2) is 0 Å². The Morgan fingerprint density at radius 3 is 2.00 bits per heavy atom. The normalized spacial score (nSPS) is 11.7. The van der Waals surface area contributed by atoms with E-state index in [1.54, 1.807) is 0 Å². The van der Waals surface area contributed by atoms with Crippen LogP contribution in [0.2, 0.25) is 0 Å². The van der Waals surface area contributed by atoms with Gasteiger partial charge in [0.25, 0.3) is 0 Å². The Bertz CT molecular complexity index is 269. The fraction of sp³-hybridized carbons (Fsp3) is 0.333. The molecule has 1 aromatic carbocycles. The molecule has 0 fully saturated rings. The van der Waals surface area contributed by atoms with Crippen LogP contribution in [-0.4, -0.2) is 23.4 Å². The van der Waals surface area contributed by atoms with Crippen LogP contribution in [0.1, 0.15) is 5.56 Å². The number of hydrogen-bond acceptors (Lipinski definition) is 3. The van der Waals surface area contributed by atoms with E-state index in [1.807, 2.05) is 0 Å². The van der Waals surface area contributed by atoms with Crippen LogP contribution < -0.4 is 5.73 Å². The van der Waals surface area contributed by atoms with Gasteiger partial charge in [-0.05, 0) is 17.7 Å². The topological polar surface area (TPSA) is 66.5 Å². The highest BCUT2D eigenvalue weighted by Crippen LogP contribution is 2.17. The number of halogens is 1. The highest BCUT2D eigenvalue weighted by molar-refractivity contribution is 5.24. The van der Waals surface area contributed by atoms with E-state index in [-0.39, 0.29) is 19.0 Å². The predicted molar refractivity (Wildman–Crippen MR) is 46.4 cm³/mol. The van der Waals surface area contributed by atoms with Crippen LogP contribution in [0.4, 0.5) is 4.39 Å². The van der Waals surface area contributed by atoms with E-state index in [9.17, 15) is 4.39 Å². The van der Waals surface area contributed by atoms with Crippen LogP contribution >= 0.6 is 0 Å². The van der Waals surface area contributed by atoms with Crippen LogP contribution in [0, 0.1) is 5.82 Å². The summed E-state index contributed by atoms with van der Waals surface area (Å²) in [5.74, 6) is -0.373. The number of aliphatic hydroxyl groups excluding tert-OH is 2. The molecule has 0 heterocycles. The zero-order valence-corrected chi connectivity index (χ0v) is 7.07. The lowest BCUT2D eigenvalue weighted by Crippen LogP contribution is -2.44. The first kappa shape index (κ1) is 10.1. The second kappa shape index (κ2) is 3.83. The molecule has 0 bridgehead atoms. The maximum atomic E-state index is 12.5. The Morgan fingerprint density at radius 1 is 1.15 bits per heavy atom. The largest absolute Gasteiger partial charge is 0.394 e. The van der Waals surface area contributed by atoms with E-state index in [0.717, 1.165) is 0 Å². The molecule has 0 atom stereocenters. The molecule has 0 aliphatic carbocycles. The molecule has 72 valence electrons. The number of benzene rings is 1. The molecule has 0 aliphatic rings. The Kier molecular flexibility index (Phi) is 2.98. The number of rotatable bonds is 3. The van der Waals surface area contributed by atoms with E-state index in [0.29, 0.717) is 5.56 Å². The molecular weight excluding hydrogens is 173 g/mol. The van der Waals surface area contributed by atoms with Crippen LogP contribution in [0.5, 0.6) is 0 Å². The molecule has 4 heteroatoms. The van der Waals surface area contributed by atoms with Crippen LogP contribution in [0.15, 0.2) is 24.3 Å². The van der Waals surface area contributed by atoms with Gasteiger partial charge in [-0.25, -0.2) is 4.39 Å². The average molecular weight is 185 g/mol. The van der Waals surface area contributed by atoms with Crippen LogP contribution in [-0.2, 0) is 5.54 Å². The minimum atomic E-state index is -1.19. The average Bonchev–Trinajstić information content (AvgIpc) is 2.18. The summed E-state index contributed by atoms with van der Waals surface area (Å²) in [6.45, 7) is -0.760. The molecule has 0 radical (unpaired) electrons. The van der Waals surface area contributed by atoms with Gasteiger partial charge in [0, 0.05) is 0 Å². The summed E-state index contributed by atoms with van der Waals surface area (Å²) >= 11 is 0. The molecule has 0 aliphatic heterocycles. The molecule has 0 saturated heterocycles. The summed E-state index contributed by atoms with van der Waals surface area (Å²) in [6, 6.07) is 5.37. The first-order valence-electron chi connectivity index (χ1n) is 3.89. The van der Waals surface area contributed by atoms with Gasteiger partial charge in [0.2, 0.25) is 0 Å². The van der Waals surface area contributed by atoms with E-state index in [2.05, 4.69) is 0 Å². The molecule has 0 amide bonds. The second-order valence-electron chi connectivity index (χ2n) is 2.98. The van der Waals surface area contributed by atoms with Gasteiger partial charge in [-0.2, -0.15) is 0 Å². The van der Waals surface area contributed by atoms with E-state index >= 15 is 0 Å². The van der Waals surface area contributed by atoms with Crippen molar-refractivity contribution < 1.29 is 14.6 Å². The highest BCUT2D eigenvalue weighted by atomic mass is 19.1. The minimum Gasteiger partial charge on any atom is -0.394 e. The molecule has 0 saturated carbocycles. The number of hydrogen-bond donors (Lipinski definition) is 3. The molecule has 4 N–H and O–H groups in total. The maximum absolute atomic E-state index is 12.5. The van der Waals surface area contributed by atoms with Crippen molar-refractivity contribution in [3.63, 3.8) is 0 Å². The van der Waals surface area contributed by atoms with Crippen molar-refractivity contribution in [3.8, 4) is 0 Å². The highest BCUT2D eigenvalue weighted by Gasteiger charge is 2.25. The van der Waals surface area contributed by atoms with Crippen molar-refractivity contribution in [1.29, 1.82) is 0 Å². The van der Waals surface area contributed by atoms with Gasteiger partial charge in [0.05, 0.1) is 18.8 Å². The summed E-state index contributed by atoms with van der Waals surface area (Å²) < 4.78 is 12.5. The van der Waals surface area contributed by atoms with Gasteiger partial charge >= 0.3 is 0 Å². The SMILES string of the molecule is NC(CO)(CO)c1ccc(F)cc1. The third-order valence-corrected chi connectivity index (χ3v) is 1.98. The molecule has 0 spiro atoms. The monoisotopic (exact) mass is 185 g/mol. The number of nitrogens with two attached hydrogens (primary N) is 1. The quantitative estimate of drug-likeness (QED) is 0.619. The van der Waals surface area contributed by atoms with Crippen LogP contribution in [0.25, 0.3) is 0 Å². The summed E-state index contributed by atoms with van der Waals surface area (Å²) in [7, 11) is 0. The number of aliphatic hydroxyl groups is 2. The molecule has 3 nitrogen and oxygen atoms in total. The van der Waals surface area contributed by atoms with Crippen molar-refractivity contribution in [2.24, 2.45) is 5.73 Å². The summed E-state index contributed by atoms with van der Waals surface area (Å²) in [5, 5.41) is 17.9. The lowest BCUT2D eigenvalue weighted by atomic mass is 9.93. The fourth-order valence-electron chi connectivity index (χ4n) is 1.01. The third-order valence-electron chi connectivity index (χ3n) is 1.98. The Labute approximate surface area is 75.6 Å². The van der Waals surface area contributed by atoms with Gasteiger partial charge in [-0.1, -0.05) is 12.1 Å². The maximum Gasteiger partial charge on any atom is 0.123 e. The van der Waals surface area contributed by atoms with E-state index in [1.165, 1.54) is 24.3 Å². The first-order chi connectivity index (χ1) is 6.12. The Morgan fingerprint density at radius 2 is 1.62 bits per heavy atom. The van der Waals surface area contributed by atoms with Crippen LogP contribution in [0.3, 0.4) is 0 Å². The van der Waals surface area contributed by atoms with Crippen molar-refractivity contribution in [2.45, 2.75) is 5.54 Å². The van der Waals surface area contributed by atoms with Crippen molar-refractivity contribution in [2.75, 3.05) is 13.2 Å². The van der Waals surface area contributed by atoms with Crippen molar-refractivity contribution in [1.82, 2.24) is 0 Å². The van der Waals surface area contributed by atoms with Gasteiger partial charge in [-0.15, -0.1) is 0 Å². The standard InChI is InChI=1S/C9H12FNO2/c10-8-3-1-7(2-4-8)9(11,5-12)6-13/h1-4,12-13H,5-6,11H2. The molecule has 1 aromatic rings. The predicted octanol–water partition coefficient (Wildman–Crippen LogP) is -0.0357. The first-order valence-corrected chi connectivity index (χ1v) is 3.89. The fourth-order valence-corrected chi connectivity index (χ4v) is 1.01. The summed E-state index contributed by atoms with van der Waals surface area (Å²) in [6.07, 6.45) is 0. The Balaban J connectivity index is 2.99. The lowest BCUT2D eigenvalue weighted by molar-refractivity contribution is 0.121. The molecular formula is C9H12FNO2. The summed E-state index contributed by atoms with van der Waals surface area (Å²) in [4.78, 5) is 0. The molecule has 0 unspecified atom stereocenters. The van der Waals surface area contributed by atoms with E-state index in [4.69, 9.17) is 15.9 Å². The molecule has 1 rings (SSSR count). The van der Waals surface area contributed by atoms with E-state index < -0.39 is 5.54 Å². The molecule has 0 aromatic heterocycles. The zero-order valence-electron chi connectivity index (χ0n) is 7.07. The Hall–Kier alpha value is -0.970. The minimum absolute atomic E-state index is 0.373. The summed E-state index contributed by atoms with van der Waals surface area (Å²) in [5.41, 5.74) is 4.97. The lowest BCUT2D eigenvalue weighted by Gasteiger charge is -2.24. The zero-order chi connectivity index (χ0) is 9.90. The van der Waals surface area contributed by atoms with Crippen molar-refractivity contribution in [3.05, 3.63) is 35.6 Å². The smallest absolute Gasteiger partial charge is 0.123 e. The third kappa shape index (κ3) is 2.03.